The SMILES string of the molecule is CC1NCCC1C(=O)NCc1nncn1C. The van der Waals surface area contributed by atoms with E-state index in [0.29, 0.717) is 6.54 Å². The number of carbonyl (C=O) groups is 1. The molecule has 1 fully saturated rings. The number of nitrogens with zero attached hydrogens (tertiary/aromatic N) is 3. The molecule has 0 radical (unpaired) electrons. The third-order valence-corrected chi connectivity index (χ3v) is 3.09. The number of hydrogen-bond donors (Lipinski definition) is 2. The van der Waals surface area contributed by atoms with E-state index in [-0.39, 0.29) is 17.9 Å². The Kier molecular flexibility index (Phi) is 3.19. The van der Waals surface area contributed by atoms with Gasteiger partial charge in [0.2, 0.25) is 5.91 Å². The number of aryl methyl sites for hydroxylation is 1. The van der Waals surface area contributed by atoms with E-state index in [2.05, 4.69) is 20.8 Å². The highest BCUT2D eigenvalue weighted by Crippen LogP contribution is 2.14. The molecule has 1 aromatic rings. The average Bonchev–Trinajstić information content (AvgIpc) is 2.84. The molecule has 6 nitrogen and oxygen atoms in total. The van der Waals surface area contributed by atoms with Crippen molar-refractivity contribution in [1.82, 2.24) is 25.4 Å². The largest absolute Gasteiger partial charge is 0.349 e. The average molecular weight is 223 g/mol. The minimum Gasteiger partial charge on any atom is -0.349 e. The Morgan fingerprint density at radius 2 is 2.56 bits per heavy atom. The quantitative estimate of drug-likeness (QED) is 0.720. The van der Waals surface area contributed by atoms with E-state index in [1.165, 1.54) is 0 Å². The molecular formula is C10H17N5O. The summed E-state index contributed by atoms with van der Waals surface area (Å²) >= 11 is 0. The molecule has 1 aromatic heterocycles. The fourth-order valence-electron chi connectivity index (χ4n) is 1.98. The molecule has 1 aliphatic heterocycles. The van der Waals surface area contributed by atoms with E-state index in [4.69, 9.17) is 0 Å². The lowest BCUT2D eigenvalue weighted by Gasteiger charge is -2.14. The van der Waals surface area contributed by atoms with E-state index in [9.17, 15) is 4.79 Å². The fraction of sp³-hybridized carbons (Fsp3) is 0.700. The Bertz CT molecular complexity index is 375. The summed E-state index contributed by atoms with van der Waals surface area (Å²) in [5.41, 5.74) is 0. The minimum absolute atomic E-state index is 0.0771. The second-order valence-electron chi connectivity index (χ2n) is 4.21. The summed E-state index contributed by atoms with van der Waals surface area (Å²) in [5.74, 6) is 0.945. The molecular weight excluding hydrogens is 206 g/mol. The highest BCUT2D eigenvalue weighted by molar-refractivity contribution is 5.79. The molecule has 1 amide bonds. The lowest BCUT2D eigenvalue weighted by Crippen LogP contribution is -2.36. The van der Waals surface area contributed by atoms with Crippen LogP contribution in [0, 0.1) is 5.92 Å². The Morgan fingerprint density at radius 1 is 1.75 bits per heavy atom. The van der Waals surface area contributed by atoms with E-state index in [0.717, 1.165) is 18.8 Å². The minimum atomic E-state index is 0.0771. The van der Waals surface area contributed by atoms with Crippen molar-refractivity contribution in [3.63, 3.8) is 0 Å². The van der Waals surface area contributed by atoms with E-state index >= 15 is 0 Å². The van der Waals surface area contributed by atoms with Crippen LogP contribution in [0.4, 0.5) is 0 Å². The van der Waals surface area contributed by atoms with Crippen molar-refractivity contribution >= 4 is 5.91 Å². The van der Waals surface area contributed by atoms with Gasteiger partial charge in [-0.15, -0.1) is 10.2 Å². The summed E-state index contributed by atoms with van der Waals surface area (Å²) in [4.78, 5) is 11.9. The molecule has 6 heteroatoms. The molecule has 2 atom stereocenters. The van der Waals surface area contributed by atoms with Crippen molar-refractivity contribution in [2.75, 3.05) is 6.54 Å². The fourth-order valence-corrected chi connectivity index (χ4v) is 1.98. The van der Waals surface area contributed by atoms with Gasteiger partial charge in [0.25, 0.3) is 0 Å². The van der Waals surface area contributed by atoms with Crippen molar-refractivity contribution in [3.8, 4) is 0 Å². The lowest BCUT2D eigenvalue weighted by atomic mass is 10.0. The predicted molar refractivity (Wildman–Crippen MR) is 58.4 cm³/mol. The molecule has 2 rings (SSSR count). The van der Waals surface area contributed by atoms with Gasteiger partial charge < -0.3 is 15.2 Å². The number of carbonyl (C=O) groups excluding carboxylic acids is 1. The van der Waals surface area contributed by atoms with Crippen molar-refractivity contribution < 1.29 is 4.79 Å². The van der Waals surface area contributed by atoms with Gasteiger partial charge in [0.1, 0.15) is 6.33 Å². The van der Waals surface area contributed by atoms with Gasteiger partial charge in [0.05, 0.1) is 12.5 Å². The number of rotatable bonds is 3. The highest BCUT2D eigenvalue weighted by Gasteiger charge is 2.29. The van der Waals surface area contributed by atoms with Gasteiger partial charge in [-0.1, -0.05) is 0 Å². The Balaban J connectivity index is 1.86. The molecule has 0 aromatic carbocycles. The van der Waals surface area contributed by atoms with Crippen LogP contribution in [0.3, 0.4) is 0 Å². The van der Waals surface area contributed by atoms with E-state index in [1.54, 1.807) is 10.9 Å². The zero-order valence-corrected chi connectivity index (χ0v) is 9.60. The van der Waals surface area contributed by atoms with Crippen LogP contribution in [-0.4, -0.2) is 33.3 Å². The van der Waals surface area contributed by atoms with Gasteiger partial charge in [0.15, 0.2) is 5.82 Å². The second kappa shape index (κ2) is 4.61. The zero-order valence-electron chi connectivity index (χ0n) is 9.60. The smallest absolute Gasteiger partial charge is 0.225 e. The monoisotopic (exact) mass is 223 g/mol. The summed E-state index contributed by atoms with van der Waals surface area (Å²) < 4.78 is 1.80. The van der Waals surface area contributed by atoms with Crippen molar-refractivity contribution in [1.29, 1.82) is 0 Å². The van der Waals surface area contributed by atoms with Crippen LogP contribution in [0.5, 0.6) is 0 Å². The van der Waals surface area contributed by atoms with Crippen LogP contribution in [0.1, 0.15) is 19.2 Å². The Morgan fingerprint density at radius 3 is 3.12 bits per heavy atom. The maximum atomic E-state index is 11.9. The number of aromatic nitrogens is 3. The number of amides is 1. The molecule has 16 heavy (non-hydrogen) atoms. The predicted octanol–water partition coefficient (Wildman–Crippen LogP) is -0.571. The molecule has 0 bridgehead atoms. The third kappa shape index (κ3) is 2.21. The molecule has 0 saturated carbocycles. The van der Waals surface area contributed by atoms with E-state index in [1.807, 2.05) is 14.0 Å². The molecule has 2 unspecified atom stereocenters. The first-order chi connectivity index (χ1) is 7.68. The molecule has 0 aliphatic carbocycles. The lowest BCUT2D eigenvalue weighted by molar-refractivity contribution is -0.125. The highest BCUT2D eigenvalue weighted by atomic mass is 16.1. The first-order valence-electron chi connectivity index (χ1n) is 5.52. The topological polar surface area (TPSA) is 71.8 Å². The third-order valence-electron chi connectivity index (χ3n) is 3.09. The van der Waals surface area contributed by atoms with Crippen LogP contribution >= 0.6 is 0 Å². The van der Waals surface area contributed by atoms with Gasteiger partial charge in [-0.3, -0.25) is 4.79 Å². The molecule has 2 N–H and O–H groups in total. The molecule has 1 aliphatic rings. The Hall–Kier alpha value is -1.43. The number of hydrogen-bond acceptors (Lipinski definition) is 4. The van der Waals surface area contributed by atoms with Gasteiger partial charge in [-0.05, 0) is 19.9 Å². The summed E-state index contributed by atoms with van der Waals surface area (Å²) in [6.45, 7) is 3.40. The molecule has 2 heterocycles. The second-order valence-corrected chi connectivity index (χ2v) is 4.21. The zero-order chi connectivity index (χ0) is 11.5. The Labute approximate surface area is 94.4 Å². The maximum absolute atomic E-state index is 11.9. The number of nitrogens with one attached hydrogen (secondary N) is 2. The first-order valence-corrected chi connectivity index (χ1v) is 5.52. The van der Waals surface area contributed by atoms with Crippen molar-refractivity contribution in [3.05, 3.63) is 12.2 Å². The summed E-state index contributed by atoms with van der Waals surface area (Å²) in [6.07, 6.45) is 2.53. The van der Waals surface area contributed by atoms with Crippen LogP contribution in [0.2, 0.25) is 0 Å². The molecule has 0 spiro atoms. The summed E-state index contributed by atoms with van der Waals surface area (Å²) in [5, 5.41) is 13.8. The standard InChI is InChI=1S/C10H17N5O/c1-7-8(3-4-11-7)10(16)12-5-9-14-13-6-15(9)2/h6-8,11H,3-5H2,1-2H3,(H,12,16). The van der Waals surface area contributed by atoms with Crippen LogP contribution < -0.4 is 10.6 Å². The van der Waals surface area contributed by atoms with Crippen molar-refractivity contribution in [2.45, 2.75) is 25.9 Å². The summed E-state index contributed by atoms with van der Waals surface area (Å²) in [6, 6.07) is 0.263. The van der Waals surface area contributed by atoms with Crippen LogP contribution in [0.25, 0.3) is 0 Å². The van der Waals surface area contributed by atoms with E-state index < -0.39 is 0 Å². The van der Waals surface area contributed by atoms with Gasteiger partial charge in [0, 0.05) is 13.1 Å². The first kappa shape index (κ1) is 11.1. The van der Waals surface area contributed by atoms with Gasteiger partial charge >= 0.3 is 0 Å². The van der Waals surface area contributed by atoms with Crippen LogP contribution in [0.15, 0.2) is 6.33 Å². The van der Waals surface area contributed by atoms with Gasteiger partial charge in [-0.2, -0.15) is 0 Å². The summed E-state index contributed by atoms with van der Waals surface area (Å²) in [7, 11) is 1.86. The van der Waals surface area contributed by atoms with Gasteiger partial charge in [-0.25, -0.2) is 0 Å². The molecule has 1 saturated heterocycles. The van der Waals surface area contributed by atoms with Crippen molar-refractivity contribution in [2.24, 2.45) is 13.0 Å². The normalized spacial score (nSPS) is 24.6. The van der Waals surface area contributed by atoms with Crippen LogP contribution in [-0.2, 0) is 18.4 Å². The maximum Gasteiger partial charge on any atom is 0.225 e. The molecule has 88 valence electrons.